The highest BCUT2D eigenvalue weighted by atomic mass is 32.2. The summed E-state index contributed by atoms with van der Waals surface area (Å²) in [6.45, 7) is 0.694. The summed E-state index contributed by atoms with van der Waals surface area (Å²) >= 11 is 0. The van der Waals surface area contributed by atoms with Crippen LogP contribution in [0, 0.1) is 0 Å². The van der Waals surface area contributed by atoms with Crippen LogP contribution in [-0.2, 0) is 30.9 Å². The second kappa shape index (κ2) is 8.61. The normalized spacial score (nSPS) is 11.3. The second-order valence-corrected chi connectivity index (χ2v) is 7.01. The van der Waals surface area contributed by atoms with Crippen molar-refractivity contribution in [1.82, 2.24) is 14.9 Å². The first-order valence-corrected chi connectivity index (χ1v) is 8.29. The summed E-state index contributed by atoms with van der Waals surface area (Å²) in [7, 11) is 0.911. The molecule has 0 aromatic heterocycles. The number of ether oxygens (including phenoxy) is 1. The molecule has 1 aromatic carbocycles. The molecule has 0 unspecified atom stereocenters. The standard InChI is InChI=1S/C14H21N3O5S/c1-17(2)23(20,21)12-6-4-11(5-7-12)10-16-14(19)13(18)15-8-9-22-3/h4-7H,8-10H2,1-3H3,(H,15,18)(H,16,19). The molecule has 1 aromatic rings. The van der Waals surface area contributed by atoms with Crippen molar-refractivity contribution >= 4 is 21.8 Å². The van der Waals surface area contributed by atoms with E-state index >= 15 is 0 Å². The fourth-order valence-corrected chi connectivity index (χ4v) is 2.50. The van der Waals surface area contributed by atoms with Gasteiger partial charge in [0.05, 0.1) is 11.5 Å². The van der Waals surface area contributed by atoms with Gasteiger partial charge in [-0.3, -0.25) is 9.59 Å². The molecular formula is C14H21N3O5S. The Labute approximate surface area is 135 Å². The topological polar surface area (TPSA) is 105 Å². The van der Waals surface area contributed by atoms with E-state index < -0.39 is 21.8 Å². The third kappa shape index (κ3) is 5.62. The van der Waals surface area contributed by atoms with Crippen LogP contribution in [0.3, 0.4) is 0 Å². The summed E-state index contributed by atoms with van der Waals surface area (Å²) in [5.41, 5.74) is 0.681. The zero-order valence-corrected chi connectivity index (χ0v) is 14.1. The van der Waals surface area contributed by atoms with Crippen molar-refractivity contribution in [1.29, 1.82) is 0 Å². The fourth-order valence-electron chi connectivity index (χ4n) is 1.60. The Morgan fingerprint density at radius 2 is 1.65 bits per heavy atom. The first kappa shape index (κ1) is 19.1. The van der Waals surface area contributed by atoms with Gasteiger partial charge in [0.25, 0.3) is 0 Å². The van der Waals surface area contributed by atoms with Crippen LogP contribution < -0.4 is 10.6 Å². The van der Waals surface area contributed by atoms with Crippen molar-refractivity contribution in [2.45, 2.75) is 11.4 Å². The smallest absolute Gasteiger partial charge is 0.309 e. The van der Waals surface area contributed by atoms with Gasteiger partial charge in [0.15, 0.2) is 0 Å². The molecule has 0 fully saturated rings. The number of sulfonamides is 1. The van der Waals surface area contributed by atoms with Gasteiger partial charge in [0.2, 0.25) is 10.0 Å². The van der Waals surface area contributed by atoms with Crippen LogP contribution in [0.15, 0.2) is 29.2 Å². The maximum Gasteiger partial charge on any atom is 0.309 e. The molecule has 128 valence electrons. The molecule has 0 heterocycles. The van der Waals surface area contributed by atoms with E-state index in [9.17, 15) is 18.0 Å². The summed E-state index contributed by atoms with van der Waals surface area (Å²) in [6.07, 6.45) is 0. The van der Waals surface area contributed by atoms with Crippen LogP contribution in [0.25, 0.3) is 0 Å². The molecule has 0 aliphatic rings. The Morgan fingerprint density at radius 3 is 2.17 bits per heavy atom. The summed E-state index contributed by atoms with van der Waals surface area (Å²) in [6, 6.07) is 6.07. The van der Waals surface area contributed by atoms with E-state index in [1.807, 2.05) is 0 Å². The SMILES string of the molecule is COCCNC(=O)C(=O)NCc1ccc(S(=O)(=O)N(C)C)cc1. The summed E-state index contributed by atoms with van der Waals surface area (Å²) in [4.78, 5) is 23.2. The highest BCUT2D eigenvalue weighted by Crippen LogP contribution is 2.13. The van der Waals surface area contributed by atoms with Gasteiger partial charge in [-0.15, -0.1) is 0 Å². The molecule has 0 aliphatic carbocycles. The van der Waals surface area contributed by atoms with Gasteiger partial charge in [-0.1, -0.05) is 12.1 Å². The van der Waals surface area contributed by atoms with E-state index in [0.29, 0.717) is 12.2 Å². The van der Waals surface area contributed by atoms with E-state index in [1.54, 1.807) is 12.1 Å². The molecule has 2 amide bonds. The number of rotatable bonds is 7. The van der Waals surface area contributed by atoms with Crippen molar-refractivity contribution < 1.29 is 22.7 Å². The van der Waals surface area contributed by atoms with Crippen molar-refractivity contribution in [3.63, 3.8) is 0 Å². The highest BCUT2D eigenvalue weighted by Gasteiger charge is 2.17. The Kier molecular flexibility index (Phi) is 7.14. The van der Waals surface area contributed by atoms with E-state index in [4.69, 9.17) is 4.74 Å². The number of nitrogens with one attached hydrogen (secondary N) is 2. The molecule has 0 saturated heterocycles. The van der Waals surface area contributed by atoms with Crippen molar-refractivity contribution in [3.8, 4) is 0 Å². The van der Waals surface area contributed by atoms with E-state index in [1.165, 1.54) is 33.3 Å². The summed E-state index contributed by atoms with van der Waals surface area (Å²) in [5.74, 6) is -1.50. The third-order valence-corrected chi connectivity index (χ3v) is 4.78. The van der Waals surface area contributed by atoms with Gasteiger partial charge in [-0.25, -0.2) is 12.7 Å². The second-order valence-electron chi connectivity index (χ2n) is 4.86. The Balaban J connectivity index is 2.56. The van der Waals surface area contributed by atoms with Crippen LogP contribution in [0.2, 0.25) is 0 Å². The lowest BCUT2D eigenvalue weighted by molar-refractivity contribution is -0.139. The number of benzene rings is 1. The summed E-state index contributed by atoms with van der Waals surface area (Å²) in [5, 5.41) is 4.86. The maximum absolute atomic E-state index is 11.9. The van der Waals surface area contributed by atoms with Gasteiger partial charge in [0, 0.05) is 34.3 Å². The van der Waals surface area contributed by atoms with Crippen molar-refractivity contribution in [2.75, 3.05) is 34.4 Å². The maximum atomic E-state index is 11.9. The van der Waals surface area contributed by atoms with Gasteiger partial charge in [-0.2, -0.15) is 0 Å². The molecule has 0 saturated carbocycles. The number of carbonyl (C=O) groups excluding carboxylic acids is 2. The Morgan fingerprint density at radius 1 is 1.09 bits per heavy atom. The van der Waals surface area contributed by atoms with E-state index in [-0.39, 0.29) is 18.0 Å². The first-order chi connectivity index (χ1) is 10.8. The zero-order valence-electron chi connectivity index (χ0n) is 13.3. The minimum atomic E-state index is -3.48. The van der Waals surface area contributed by atoms with E-state index in [0.717, 1.165) is 4.31 Å². The number of methoxy groups -OCH3 is 1. The third-order valence-electron chi connectivity index (χ3n) is 2.95. The van der Waals surface area contributed by atoms with Gasteiger partial charge < -0.3 is 15.4 Å². The molecule has 0 bridgehead atoms. The lowest BCUT2D eigenvalue weighted by atomic mass is 10.2. The number of hydrogen-bond acceptors (Lipinski definition) is 5. The predicted molar refractivity (Wildman–Crippen MR) is 84.0 cm³/mol. The molecule has 0 radical (unpaired) electrons. The largest absolute Gasteiger partial charge is 0.383 e. The first-order valence-electron chi connectivity index (χ1n) is 6.85. The molecular weight excluding hydrogens is 322 g/mol. The average Bonchev–Trinajstić information content (AvgIpc) is 2.52. The minimum absolute atomic E-state index is 0.124. The Bertz CT molecular complexity index is 641. The molecule has 9 heteroatoms. The lowest BCUT2D eigenvalue weighted by Gasteiger charge is -2.12. The average molecular weight is 343 g/mol. The molecule has 0 atom stereocenters. The molecule has 8 nitrogen and oxygen atoms in total. The van der Waals surface area contributed by atoms with E-state index in [2.05, 4.69) is 10.6 Å². The zero-order chi connectivity index (χ0) is 17.5. The number of hydrogen-bond donors (Lipinski definition) is 2. The Hall–Kier alpha value is -1.97. The van der Waals surface area contributed by atoms with Crippen LogP contribution in [-0.4, -0.2) is 58.9 Å². The van der Waals surface area contributed by atoms with Gasteiger partial charge in [0.1, 0.15) is 0 Å². The fraction of sp³-hybridized carbons (Fsp3) is 0.429. The molecule has 0 spiro atoms. The monoisotopic (exact) mass is 343 g/mol. The van der Waals surface area contributed by atoms with Crippen molar-refractivity contribution in [2.24, 2.45) is 0 Å². The molecule has 2 N–H and O–H groups in total. The number of carbonyl (C=O) groups is 2. The van der Waals surface area contributed by atoms with Gasteiger partial charge in [-0.05, 0) is 17.7 Å². The summed E-state index contributed by atoms with van der Waals surface area (Å²) < 4.78 is 29.7. The van der Waals surface area contributed by atoms with Crippen molar-refractivity contribution in [3.05, 3.63) is 29.8 Å². The number of amides is 2. The minimum Gasteiger partial charge on any atom is -0.383 e. The number of nitrogens with zero attached hydrogens (tertiary/aromatic N) is 1. The van der Waals surface area contributed by atoms with Crippen LogP contribution >= 0.6 is 0 Å². The molecule has 23 heavy (non-hydrogen) atoms. The van der Waals surface area contributed by atoms with Crippen LogP contribution in [0.4, 0.5) is 0 Å². The highest BCUT2D eigenvalue weighted by molar-refractivity contribution is 7.89. The van der Waals surface area contributed by atoms with Gasteiger partial charge >= 0.3 is 11.8 Å². The van der Waals surface area contributed by atoms with Crippen LogP contribution in [0.1, 0.15) is 5.56 Å². The molecule has 0 aliphatic heterocycles. The predicted octanol–water partition coefficient (Wildman–Crippen LogP) is -0.684. The van der Waals surface area contributed by atoms with Crippen LogP contribution in [0.5, 0.6) is 0 Å². The lowest BCUT2D eigenvalue weighted by Crippen LogP contribution is -2.40. The molecule has 1 rings (SSSR count). The quantitative estimate of drug-likeness (QED) is 0.504.